The molecule has 6 nitrogen and oxygen atoms in total. The smallest absolute Gasteiger partial charge is 0.406 e. The van der Waals surface area contributed by atoms with Gasteiger partial charge in [0, 0.05) is 17.1 Å². The fraction of sp³-hybridized carbons (Fsp3) is 0.111. The van der Waals surface area contributed by atoms with Gasteiger partial charge in [-0.1, -0.05) is 18.2 Å². The molecule has 0 atom stereocenters. The molecule has 0 saturated heterocycles. The lowest BCUT2D eigenvalue weighted by Gasteiger charge is -2.11. The minimum absolute atomic E-state index is 0.119. The van der Waals surface area contributed by atoms with E-state index >= 15 is 0 Å². The third-order valence-electron chi connectivity index (χ3n) is 3.85. The minimum atomic E-state index is -4.77. The number of hydrogen-bond acceptors (Lipinski definition) is 4. The Bertz CT molecular complexity index is 1040. The molecule has 0 radical (unpaired) electrons. The van der Waals surface area contributed by atoms with Crippen molar-refractivity contribution >= 4 is 16.7 Å². The van der Waals surface area contributed by atoms with Gasteiger partial charge in [-0.05, 0) is 41.3 Å². The number of pyridine rings is 1. The van der Waals surface area contributed by atoms with Crippen LogP contribution in [-0.2, 0) is 6.54 Å². The van der Waals surface area contributed by atoms with Crippen LogP contribution in [0.5, 0.6) is 5.75 Å². The number of halogens is 3. The number of amides is 1. The Labute approximate surface area is 150 Å². The number of carbonyl (C=O) groups excluding carboxylic acids is 1. The molecule has 2 N–H and O–H groups in total. The summed E-state index contributed by atoms with van der Waals surface area (Å²) in [6, 6.07) is 11.3. The number of ether oxygens (including phenoxy) is 1. The van der Waals surface area contributed by atoms with Gasteiger partial charge >= 0.3 is 6.36 Å². The number of carbonyl (C=O) groups is 1. The molecule has 27 heavy (non-hydrogen) atoms. The van der Waals surface area contributed by atoms with E-state index in [1.807, 2.05) is 0 Å². The number of nitrogens with zero attached hydrogens (tertiary/aromatic N) is 1. The molecule has 0 aliphatic heterocycles. The van der Waals surface area contributed by atoms with Crippen molar-refractivity contribution in [3.63, 3.8) is 0 Å². The first-order valence-electron chi connectivity index (χ1n) is 7.69. The van der Waals surface area contributed by atoms with Crippen molar-refractivity contribution in [3.05, 3.63) is 76.2 Å². The van der Waals surface area contributed by atoms with Crippen LogP contribution in [0.4, 0.5) is 13.2 Å². The second-order valence-electron chi connectivity index (χ2n) is 5.68. The summed E-state index contributed by atoms with van der Waals surface area (Å²) in [4.78, 5) is 24.2. The average molecular weight is 378 g/mol. The number of hydroxylamine groups is 1. The number of aromatic nitrogens is 1. The topological polar surface area (TPSA) is 80.6 Å². The summed E-state index contributed by atoms with van der Waals surface area (Å²) in [6.07, 6.45) is -3.22. The lowest BCUT2D eigenvalue weighted by atomic mass is 10.1. The molecule has 3 rings (SSSR count). The molecule has 1 heterocycles. The van der Waals surface area contributed by atoms with Crippen molar-refractivity contribution in [2.75, 3.05) is 0 Å². The number of hydrogen-bond donors (Lipinski definition) is 2. The van der Waals surface area contributed by atoms with Crippen LogP contribution in [0.2, 0.25) is 0 Å². The SMILES string of the molecule is O=C(NO)c1ccc2ccn(Cc3ccc(OC(F)(F)F)cc3)c(=O)c2c1. The average Bonchev–Trinajstić information content (AvgIpc) is 2.63. The Balaban J connectivity index is 1.89. The molecule has 0 bridgehead atoms. The lowest BCUT2D eigenvalue weighted by molar-refractivity contribution is -0.274. The molecule has 0 spiro atoms. The lowest BCUT2D eigenvalue weighted by Crippen LogP contribution is -2.22. The zero-order valence-electron chi connectivity index (χ0n) is 13.7. The predicted molar refractivity (Wildman–Crippen MR) is 89.7 cm³/mol. The summed E-state index contributed by atoms with van der Waals surface area (Å²) < 4.78 is 41.8. The fourth-order valence-corrected chi connectivity index (χ4v) is 2.60. The van der Waals surface area contributed by atoms with Gasteiger partial charge in [0.15, 0.2) is 0 Å². The van der Waals surface area contributed by atoms with Gasteiger partial charge < -0.3 is 9.30 Å². The fourth-order valence-electron chi connectivity index (χ4n) is 2.60. The molecule has 0 saturated carbocycles. The minimum Gasteiger partial charge on any atom is -0.406 e. The van der Waals surface area contributed by atoms with Gasteiger partial charge in [0.1, 0.15) is 5.75 Å². The molecular formula is C18H13F3N2O4. The predicted octanol–water partition coefficient (Wildman–Crippen LogP) is 3.07. The molecule has 0 aliphatic rings. The Morgan fingerprint density at radius 1 is 1.11 bits per heavy atom. The second-order valence-corrected chi connectivity index (χ2v) is 5.68. The summed E-state index contributed by atoms with van der Waals surface area (Å²) in [6.45, 7) is 0.123. The molecule has 0 aliphatic carbocycles. The normalized spacial score (nSPS) is 11.4. The molecular weight excluding hydrogens is 365 g/mol. The van der Waals surface area contributed by atoms with Crippen molar-refractivity contribution in [3.8, 4) is 5.75 Å². The van der Waals surface area contributed by atoms with Crippen molar-refractivity contribution in [1.82, 2.24) is 10.0 Å². The highest BCUT2D eigenvalue weighted by molar-refractivity contribution is 5.97. The molecule has 1 aromatic heterocycles. The van der Waals surface area contributed by atoms with Crippen molar-refractivity contribution in [2.24, 2.45) is 0 Å². The Hall–Kier alpha value is -3.33. The van der Waals surface area contributed by atoms with Crippen LogP contribution >= 0.6 is 0 Å². The second kappa shape index (κ2) is 7.12. The largest absolute Gasteiger partial charge is 0.573 e. The van der Waals surface area contributed by atoms with Crippen molar-refractivity contribution in [2.45, 2.75) is 12.9 Å². The van der Waals surface area contributed by atoms with E-state index in [4.69, 9.17) is 5.21 Å². The van der Waals surface area contributed by atoms with E-state index in [0.29, 0.717) is 10.9 Å². The van der Waals surface area contributed by atoms with Crippen LogP contribution in [0, 0.1) is 0 Å². The standard InChI is InChI=1S/C18H13F3N2O4/c19-18(20,21)27-14-5-1-11(2-6-14)10-23-8-7-12-3-4-13(16(24)22-26)9-15(12)17(23)25/h1-9,26H,10H2,(H,22,24). The van der Waals surface area contributed by atoms with E-state index < -0.39 is 12.3 Å². The Kier molecular flexibility index (Phi) is 4.87. The van der Waals surface area contributed by atoms with Crippen molar-refractivity contribution in [1.29, 1.82) is 0 Å². The summed E-state index contributed by atoms with van der Waals surface area (Å²) >= 11 is 0. The highest BCUT2D eigenvalue weighted by atomic mass is 19.4. The van der Waals surface area contributed by atoms with E-state index in [1.54, 1.807) is 18.3 Å². The zero-order valence-corrected chi connectivity index (χ0v) is 13.7. The molecule has 9 heteroatoms. The van der Waals surface area contributed by atoms with Gasteiger partial charge in [0.25, 0.3) is 11.5 Å². The zero-order chi connectivity index (χ0) is 19.6. The van der Waals surface area contributed by atoms with Gasteiger partial charge in [-0.2, -0.15) is 0 Å². The summed E-state index contributed by atoms with van der Waals surface area (Å²) in [5.74, 6) is -1.09. The number of rotatable bonds is 4. The van der Waals surface area contributed by atoms with Gasteiger partial charge in [0.05, 0.1) is 6.54 Å². The van der Waals surface area contributed by atoms with E-state index in [9.17, 15) is 22.8 Å². The van der Waals surface area contributed by atoms with Crippen LogP contribution in [-0.4, -0.2) is 22.0 Å². The van der Waals surface area contributed by atoms with E-state index in [1.165, 1.54) is 46.4 Å². The Morgan fingerprint density at radius 2 is 1.81 bits per heavy atom. The van der Waals surface area contributed by atoms with Gasteiger partial charge in [-0.25, -0.2) is 5.48 Å². The first-order valence-corrected chi connectivity index (χ1v) is 7.69. The number of nitrogens with one attached hydrogen (secondary N) is 1. The van der Waals surface area contributed by atoms with E-state index in [2.05, 4.69) is 4.74 Å². The third-order valence-corrected chi connectivity index (χ3v) is 3.85. The van der Waals surface area contributed by atoms with Crippen LogP contribution in [0.1, 0.15) is 15.9 Å². The summed E-state index contributed by atoms with van der Waals surface area (Å²) in [5.41, 5.74) is 1.83. The van der Waals surface area contributed by atoms with Crippen molar-refractivity contribution < 1.29 is 27.9 Å². The summed E-state index contributed by atoms with van der Waals surface area (Å²) in [7, 11) is 0. The van der Waals surface area contributed by atoms with Crippen LogP contribution in [0.25, 0.3) is 10.8 Å². The number of alkyl halides is 3. The quantitative estimate of drug-likeness (QED) is 0.540. The third kappa shape index (κ3) is 4.26. The van der Waals surface area contributed by atoms with E-state index in [-0.39, 0.29) is 28.8 Å². The highest BCUT2D eigenvalue weighted by Crippen LogP contribution is 2.23. The van der Waals surface area contributed by atoms with Crippen LogP contribution in [0.15, 0.2) is 59.5 Å². The monoisotopic (exact) mass is 378 g/mol. The number of fused-ring (bicyclic) bond motifs is 1. The van der Waals surface area contributed by atoms with Crippen LogP contribution < -0.4 is 15.8 Å². The molecule has 2 aromatic carbocycles. The maximum absolute atomic E-state index is 12.6. The maximum Gasteiger partial charge on any atom is 0.573 e. The Morgan fingerprint density at radius 3 is 2.44 bits per heavy atom. The van der Waals surface area contributed by atoms with E-state index in [0.717, 1.165) is 0 Å². The van der Waals surface area contributed by atoms with Crippen LogP contribution in [0.3, 0.4) is 0 Å². The molecule has 3 aromatic rings. The molecule has 0 fully saturated rings. The molecule has 140 valence electrons. The molecule has 1 amide bonds. The first kappa shape index (κ1) is 18.5. The first-order chi connectivity index (χ1) is 12.8. The summed E-state index contributed by atoms with van der Waals surface area (Å²) in [5, 5.41) is 9.59. The number of benzene rings is 2. The van der Waals surface area contributed by atoms with Gasteiger partial charge in [-0.3, -0.25) is 14.8 Å². The highest BCUT2D eigenvalue weighted by Gasteiger charge is 2.30. The van der Waals surface area contributed by atoms with Gasteiger partial charge in [-0.15, -0.1) is 13.2 Å². The van der Waals surface area contributed by atoms with Gasteiger partial charge in [0.2, 0.25) is 0 Å². The maximum atomic E-state index is 12.6. The molecule has 0 unspecified atom stereocenters.